The maximum Gasteiger partial charge on any atom is 0.389 e. The number of ketones is 1. The molecule has 0 saturated heterocycles. The molecule has 88 valence electrons. The molecule has 1 aromatic carbocycles. The van der Waals surface area contributed by atoms with Gasteiger partial charge in [0.25, 0.3) is 0 Å². The van der Waals surface area contributed by atoms with Crippen LogP contribution in [0.25, 0.3) is 0 Å². The van der Waals surface area contributed by atoms with Gasteiger partial charge in [0.1, 0.15) is 5.82 Å². The summed E-state index contributed by atoms with van der Waals surface area (Å²) < 4.78 is 48.6. The van der Waals surface area contributed by atoms with Crippen LogP contribution in [0.1, 0.15) is 23.2 Å². The second kappa shape index (κ2) is 4.82. The molecule has 0 aliphatic carbocycles. The molecule has 0 fully saturated rings. The number of halogens is 5. The minimum Gasteiger partial charge on any atom is -0.294 e. The van der Waals surface area contributed by atoms with Crippen molar-refractivity contribution >= 4 is 17.4 Å². The molecular weight excluding hydrogens is 248 g/mol. The predicted molar refractivity (Wildman–Crippen MR) is 51.0 cm³/mol. The molecule has 0 amide bonds. The molecule has 1 rings (SSSR count). The van der Waals surface area contributed by atoms with Gasteiger partial charge in [-0.15, -0.1) is 0 Å². The van der Waals surface area contributed by atoms with Crippen molar-refractivity contribution in [2.75, 3.05) is 0 Å². The van der Waals surface area contributed by atoms with E-state index in [0.29, 0.717) is 0 Å². The first-order chi connectivity index (χ1) is 7.29. The molecule has 6 heteroatoms. The van der Waals surface area contributed by atoms with Gasteiger partial charge in [0.2, 0.25) is 0 Å². The number of hydrogen-bond donors (Lipinski definition) is 0. The van der Waals surface area contributed by atoms with Crippen LogP contribution in [0.4, 0.5) is 17.6 Å². The summed E-state index contributed by atoms with van der Waals surface area (Å²) in [5, 5.41) is 0.0878. The summed E-state index contributed by atoms with van der Waals surface area (Å²) in [6.45, 7) is 0. The number of rotatable bonds is 3. The molecule has 0 unspecified atom stereocenters. The molecule has 0 heterocycles. The van der Waals surface area contributed by atoms with Crippen molar-refractivity contribution in [2.45, 2.75) is 19.0 Å². The molecule has 0 aliphatic heterocycles. The standard InChI is InChI=1S/C10H7ClF4O/c11-6-1-2-7(8(12)5-6)9(16)3-4-10(13,14)15/h1-2,5H,3-4H2. The Morgan fingerprint density at radius 3 is 2.44 bits per heavy atom. The summed E-state index contributed by atoms with van der Waals surface area (Å²) in [6, 6.07) is 3.23. The van der Waals surface area contributed by atoms with Gasteiger partial charge < -0.3 is 0 Å². The minimum absolute atomic E-state index is 0.0878. The average Bonchev–Trinajstić information content (AvgIpc) is 2.13. The maximum absolute atomic E-state index is 13.1. The maximum atomic E-state index is 13.1. The van der Waals surface area contributed by atoms with Gasteiger partial charge in [-0.25, -0.2) is 4.39 Å². The summed E-state index contributed by atoms with van der Waals surface area (Å²) in [4.78, 5) is 11.2. The van der Waals surface area contributed by atoms with Gasteiger partial charge in [0, 0.05) is 11.4 Å². The zero-order valence-electron chi connectivity index (χ0n) is 7.94. The van der Waals surface area contributed by atoms with E-state index < -0.39 is 30.6 Å². The Labute approximate surface area is 94.0 Å². The topological polar surface area (TPSA) is 17.1 Å². The fraction of sp³-hybridized carbons (Fsp3) is 0.300. The smallest absolute Gasteiger partial charge is 0.294 e. The fourth-order valence-corrected chi connectivity index (χ4v) is 1.26. The van der Waals surface area contributed by atoms with E-state index in [-0.39, 0.29) is 10.6 Å². The lowest BCUT2D eigenvalue weighted by atomic mass is 10.1. The van der Waals surface area contributed by atoms with Crippen LogP contribution in [0.15, 0.2) is 18.2 Å². The number of Topliss-reactive ketones (excluding diaryl/α,β-unsaturated/α-hetero) is 1. The van der Waals surface area contributed by atoms with Crippen molar-refractivity contribution in [3.63, 3.8) is 0 Å². The summed E-state index contributed by atoms with van der Waals surface area (Å²) in [5.74, 6) is -1.79. The van der Waals surface area contributed by atoms with E-state index in [1.54, 1.807) is 0 Å². The Hall–Kier alpha value is -1.10. The van der Waals surface area contributed by atoms with Gasteiger partial charge in [-0.05, 0) is 18.2 Å². The highest BCUT2D eigenvalue weighted by Crippen LogP contribution is 2.23. The molecule has 0 spiro atoms. The zero-order valence-corrected chi connectivity index (χ0v) is 8.70. The molecule has 0 N–H and O–H groups in total. The van der Waals surface area contributed by atoms with Crippen molar-refractivity contribution in [3.8, 4) is 0 Å². The van der Waals surface area contributed by atoms with Crippen LogP contribution in [0.3, 0.4) is 0 Å². The van der Waals surface area contributed by atoms with Gasteiger partial charge in [-0.1, -0.05) is 11.6 Å². The highest BCUT2D eigenvalue weighted by Gasteiger charge is 2.28. The van der Waals surface area contributed by atoms with E-state index in [9.17, 15) is 22.4 Å². The van der Waals surface area contributed by atoms with Crippen LogP contribution in [0.5, 0.6) is 0 Å². The van der Waals surface area contributed by atoms with Crippen molar-refractivity contribution in [1.29, 1.82) is 0 Å². The third-order valence-electron chi connectivity index (χ3n) is 1.87. The lowest BCUT2D eigenvalue weighted by molar-refractivity contribution is -0.133. The largest absolute Gasteiger partial charge is 0.389 e. The lowest BCUT2D eigenvalue weighted by Crippen LogP contribution is -2.11. The Kier molecular flexibility index (Phi) is 3.91. The highest BCUT2D eigenvalue weighted by molar-refractivity contribution is 6.30. The lowest BCUT2D eigenvalue weighted by Gasteiger charge is -2.06. The normalized spacial score (nSPS) is 11.6. The quantitative estimate of drug-likeness (QED) is 0.588. The van der Waals surface area contributed by atoms with E-state index in [4.69, 9.17) is 11.6 Å². The molecule has 0 aromatic heterocycles. The first-order valence-electron chi connectivity index (χ1n) is 4.34. The van der Waals surface area contributed by atoms with Gasteiger partial charge in [-0.2, -0.15) is 13.2 Å². The monoisotopic (exact) mass is 254 g/mol. The number of alkyl halides is 3. The first kappa shape index (κ1) is 13.0. The number of hydrogen-bond acceptors (Lipinski definition) is 1. The van der Waals surface area contributed by atoms with E-state index in [2.05, 4.69) is 0 Å². The van der Waals surface area contributed by atoms with Gasteiger partial charge >= 0.3 is 6.18 Å². The molecule has 1 nitrogen and oxygen atoms in total. The molecular formula is C10H7ClF4O. The van der Waals surface area contributed by atoms with Crippen molar-refractivity contribution < 1.29 is 22.4 Å². The van der Waals surface area contributed by atoms with Crippen LogP contribution in [-0.4, -0.2) is 12.0 Å². The number of carbonyl (C=O) groups excluding carboxylic acids is 1. The average molecular weight is 255 g/mol. The van der Waals surface area contributed by atoms with E-state index in [0.717, 1.165) is 12.1 Å². The SMILES string of the molecule is O=C(CCC(F)(F)F)c1ccc(Cl)cc1F. The first-order valence-corrected chi connectivity index (χ1v) is 4.72. The summed E-state index contributed by atoms with van der Waals surface area (Å²) in [7, 11) is 0. The number of benzene rings is 1. The minimum atomic E-state index is -4.42. The predicted octanol–water partition coefficient (Wildman–Crippen LogP) is 4.00. The third-order valence-corrected chi connectivity index (χ3v) is 2.10. The summed E-state index contributed by atoms with van der Waals surface area (Å²) >= 11 is 5.44. The van der Waals surface area contributed by atoms with Gasteiger partial charge in [0.05, 0.1) is 12.0 Å². The molecule has 0 saturated carbocycles. The third kappa shape index (κ3) is 3.81. The van der Waals surface area contributed by atoms with E-state index in [1.807, 2.05) is 0 Å². The highest BCUT2D eigenvalue weighted by atomic mass is 35.5. The Balaban J connectivity index is 2.74. The second-order valence-corrected chi connectivity index (χ2v) is 3.60. The van der Waals surface area contributed by atoms with E-state index in [1.165, 1.54) is 6.07 Å². The summed E-state index contributed by atoms with van der Waals surface area (Å²) in [6.07, 6.45) is -6.44. The van der Waals surface area contributed by atoms with Crippen LogP contribution < -0.4 is 0 Å². The molecule has 16 heavy (non-hydrogen) atoms. The van der Waals surface area contributed by atoms with Crippen LogP contribution >= 0.6 is 11.6 Å². The zero-order chi connectivity index (χ0) is 12.3. The molecule has 0 atom stereocenters. The Morgan fingerprint density at radius 1 is 1.31 bits per heavy atom. The van der Waals surface area contributed by atoms with Gasteiger partial charge in [-0.3, -0.25) is 4.79 Å². The van der Waals surface area contributed by atoms with Gasteiger partial charge in [0.15, 0.2) is 5.78 Å². The molecule has 0 aliphatic rings. The Morgan fingerprint density at radius 2 is 1.94 bits per heavy atom. The van der Waals surface area contributed by atoms with Crippen molar-refractivity contribution in [2.24, 2.45) is 0 Å². The van der Waals surface area contributed by atoms with Crippen LogP contribution in [0, 0.1) is 5.82 Å². The molecule has 1 aromatic rings. The fourth-order valence-electron chi connectivity index (χ4n) is 1.11. The summed E-state index contributed by atoms with van der Waals surface area (Å²) in [5.41, 5.74) is -0.367. The van der Waals surface area contributed by atoms with E-state index >= 15 is 0 Å². The molecule has 0 bridgehead atoms. The van der Waals surface area contributed by atoms with Crippen molar-refractivity contribution in [1.82, 2.24) is 0 Å². The van der Waals surface area contributed by atoms with Crippen molar-refractivity contribution in [3.05, 3.63) is 34.6 Å². The van der Waals surface area contributed by atoms with Crippen LogP contribution in [0.2, 0.25) is 5.02 Å². The Bertz CT molecular complexity index is 400. The van der Waals surface area contributed by atoms with Crippen LogP contribution in [-0.2, 0) is 0 Å². The number of carbonyl (C=O) groups is 1. The second-order valence-electron chi connectivity index (χ2n) is 3.16. The molecule has 0 radical (unpaired) electrons.